The van der Waals surface area contributed by atoms with Crippen molar-refractivity contribution < 1.29 is 19.1 Å². The van der Waals surface area contributed by atoms with E-state index in [2.05, 4.69) is 10.3 Å². The molecule has 0 unspecified atom stereocenters. The molecule has 1 aromatic carbocycles. The Morgan fingerprint density at radius 1 is 1.15 bits per heavy atom. The fourth-order valence-electron chi connectivity index (χ4n) is 2.98. The van der Waals surface area contributed by atoms with Crippen LogP contribution in [0, 0.1) is 0 Å². The van der Waals surface area contributed by atoms with E-state index in [4.69, 9.17) is 9.47 Å². The lowest BCUT2D eigenvalue weighted by molar-refractivity contribution is -0.116. The number of amides is 3. The van der Waals surface area contributed by atoms with E-state index in [1.54, 1.807) is 41.6 Å². The van der Waals surface area contributed by atoms with Gasteiger partial charge in [-0.3, -0.25) is 14.7 Å². The number of hydrogen-bond acceptors (Lipinski definition) is 5. The minimum absolute atomic E-state index is 0.00518. The summed E-state index contributed by atoms with van der Waals surface area (Å²) in [6.07, 6.45) is 3.19. The molecule has 0 radical (unpaired) electrons. The molecule has 0 atom stereocenters. The third kappa shape index (κ3) is 3.26. The summed E-state index contributed by atoms with van der Waals surface area (Å²) in [7, 11) is 0. The standard InChI is InChI=1S/C18H18N4O4/c23-17(20-13-2-1-5-19-11-13)12-21-6-7-22(18(21)24)14-3-4-15-16(10-14)26-9-8-25-15/h1-5,10-11H,6-9,12H2,(H,20,23). The third-order valence-electron chi connectivity index (χ3n) is 4.21. The monoisotopic (exact) mass is 354 g/mol. The molecular formula is C18H18N4O4. The van der Waals surface area contributed by atoms with E-state index in [0.29, 0.717) is 43.5 Å². The van der Waals surface area contributed by atoms with Crippen LogP contribution >= 0.6 is 0 Å². The van der Waals surface area contributed by atoms with Crippen molar-refractivity contribution in [1.82, 2.24) is 9.88 Å². The molecule has 4 rings (SSSR count). The molecule has 2 aliphatic rings. The summed E-state index contributed by atoms with van der Waals surface area (Å²) < 4.78 is 11.1. The van der Waals surface area contributed by atoms with Gasteiger partial charge in [0.1, 0.15) is 19.8 Å². The second-order valence-corrected chi connectivity index (χ2v) is 5.97. The minimum Gasteiger partial charge on any atom is -0.486 e. The van der Waals surface area contributed by atoms with E-state index in [1.165, 1.54) is 4.90 Å². The summed E-state index contributed by atoms with van der Waals surface area (Å²) in [6.45, 7) is 2.00. The van der Waals surface area contributed by atoms with Crippen molar-refractivity contribution in [3.05, 3.63) is 42.7 Å². The lowest BCUT2D eigenvalue weighted by atomic mass is 10.2. The highest BCUT2D eigenvalue weighted by Gasteiger charge is 2.31. The Kier molecular flexibility index (Phi) is 4.30. The number of rotatable bonds is 4. The Morgan fingerprint density at radius 2 is 2.00 bits per heavy atom. The molecule has 1 aromatic heterocycles. The van der Waals surface area contributed by atoms with Crippen molar-refractivity contribution >= 4 is 23.3 Å². The number of fused-ring (bicyclic) bond motifs is 1. The van der Waals surface area contributed by atoms with Crippen LogP contribution in [0.3, 0.4) is 0 Å². The van der Waals surface area contributed by atoms with Gasteiger partial charge in [-0.2, -0.15) is 0 Å². The fourth-order valence-corrected chi connectivity index (χ4v) is 2.98. The molecule has 3 amide bonds. The predicted octanol–water partition coefficient (Wildman–Crippen LogP) is 1.73. The second-order valence-electron chi connectivity index (χ2n) is 5.97. The maximum atomic E-state index is 12.6. The normalized spacial score (nSPS) is 15.9. The number of nitrogens with zero attached hydrogens (tertiary/aromatic N) is 3. The van der Waals surface area contributed by atoms with Crippen molar-refractivity contribution in [3.63, 3.8) is 0 Å². The van der Waals surface area contributed by atoms with E-state index in [1.807, 2.05) is 6.07 Å². The first-order chi connectivity index (χ1) is 12.7. The lowest BCUT2D eigenvalue weighted by Gasteiger charge is -2.22. The summed E-state index contributed by atoms with van der Waals surface area (Å²) in [6, 6.07) is 8.70. The molecule has 1 saturated heterocycles. The molecule has 134 valence electrons. The number of carbonyl (C=O) groups excluding carboxylic acids is 2. The fraction of sp³-hybridized carbons (Fsp3) is 0.278. The highest BCUT2D eigenvalue weighted by atomic mass is 16.6. The molecule has 0 aliphatic carbocycles. The number of anilines is 2. The summed E-state index contributed by atoms with van der Waals surface area (Å²) in [4.78, 5) is 31.9. The van der Waals surface area contributed by atoms with Crippen molar-refractivity contribution in [3.8, 4) is 11.5 Å². The van der Waals surface area contributed by atoms with Gasteiger partial charge in [-0.15, -0.1) is 0 Å². The zero-order valence-electron chi connectivity index (χ0n) is 14.1. The molecule has 2 aromatic rings. The number of nitrogens with one attached hydrogen (secondary N) is 1. The van der Waals surface area contributed by atoms with Crippen LogP contribution < -0.4 is 19.7 Å². The number of ether oxygens (including phenoxy) is 2. The molecule has 0 bridgehead atoms. The molecule has 1 fully saturated rings. The number of benzene rings is 1. The van der Waals surface area contributed by atoms with Crippen LogP contribution in [-0.2, 0) is 4.79 Å². The van der Waals surface area contributed by atoms with Gasteiger partial charge < -0.3 is 19.7 Å². The molecule has 1 N–H and O–H groups in total. The first-order valence-corrected chi connectivity index (χ1v) is 8.37. The zero-order chi connectivity index (χ0) is 17.9. The van der Waals surface area contributed by atoms with Crippen molar-refractivity contribution in [2.45, 2.75) is 0 Å². The summed E-state index contributed by atoms with van der Waals surface area (Å²) in [5.74, 6) is 1.06. The number of pyridine rings is 1. The van der Waals surface area contributed by atoms with Gasteiger partial charge in [0.25, 0.3) is 0 Å². The van der Waals surface area contributed by atoms with Gasteiger partial charge in [-0.1, -0.05) is 0 Å². The SMILES string of the molecule is O=C(CN1CCN(c2ccc3c(c2)OCCO3)C1=O)Nc1cccnc1. The first kappa shape index (κ1) is 16.2. The quantitative estimate of drug-likeness (QED) is 0.904. The Labute approximate surface area is 150 Å². The molecule has 26 heavy (non-hydrogen) atoms. The van der Waals surface area contributed by atoms with Crippen LogP contribution in [0.2, 0.25) is 0 Å². The average Bonchev–Trinajstić information content (AvgIpc) is 3.02. The Balaban J connectivity index is 1.41. The smallest absolute Gasteiger partial charge is 0.325 e. The minimum atomic E-state index is -0.254. The third-order valence-corrected chi connectivity index (χ3v) is 4.21. The number of hydrogen-bond donors (Lipinski definition) is 1. The topological polar surface area (TPSA) is 84.0 Å². The van der Waals surface area contributed by atoms with Crippen LogP contribution in [0.5, 0.6) is 11.5 Å². The largest absolute Gasteiger partial charge is 0.486 e. The predicted molar refractivity (Wildman–Crippen MR) is 94.6 cm³/mol. The van der Waals surface area contributed by atoms with Crippen molar-refractivity contribution in [2.75, 3.05) is 43.1 Å². The Hall–Kier alpha value is -3.29. The van der Waals surface area contributed by atoms with E-state index in [9.17, 15) is 9.59 Å². The van der Waals surface area contributed by atoms with Gasteiger partial charge in [0.05, 0.1) is 11.9 Å². The van der Waals surface area contributed by atoms with E-state index in [-0.39, 0.29) is 18.5 Å². The van der Waals surface area contributed by atoms with Gasteiger partial charge in [0, 0.05) is 31.0 Å². The van der Waals surface area contributed by atoms with E-state index >= 15 is 0 Å². The van der Waals surface area contributed by atoms with E-state index in [0.717, 1.165) is 5.69 Å². The van der Waals surface area contributed by atoms with Crippen LogP contribution in [0.1, 0.15) is 0 Å². The molecular weight excluding hydrogens is 336 g/mol. The highest BCUT2D eigenvalue weighted by Crippen LogP contribution is 2.34. The molecule has 3 heterocycles. The highest BCUT2D eigenvalue weighted by molar-refractivity contribution is 5.99. The maximum absolute atomic E-state index is 12.6. The molecule has 8 heteroatoms. The van der Waals surface area contributed by atoms with Gasteiger partial charge in [-0.05, 0) is 24.3 Å². The van der Waals surface area contributed by atoms with Gasteiger partial charge in [0.2, 0.25) is 5.91 Å². The Morgan fingerprint density at radius 3 is 2.81 bits per heavy atom. The maximum Gasteiger partial charge on any atom is 0.325 e. The van der Waals surface area contributed by atoms with Gasteiger partial charge in [-0.25, -0.2) is 4.79 Å². The average molecular weight is 354 g/mol. The number of carbonyl (C=O) groups is 2. The van der Waals surface area contributed by atoms with E-state index < -0.39 is 0 Å². The van der Waals surface area contributed by atoms with Crippen LogP contribution in [0.25, 0.3) is 0 Å². The summed E-state index contributed by atoms with van der Waals surface area (Å²) in [5.41, 5.74) is 1.34. The lowest BCUT2D eigenvalue weighted by Crippen LogP contribution is -2.37. The van der Waals surface area contributed by atoms with Crippen LogP contribution in [0.4, 0.5) is 16.2 Å². The summed E-state index contributed by atoms with van der Waals surface area (Å²) >= 11 is 0. The molecule has 8 nitrogen and oxygen atoms in total. The molecule has 0 saturated carbocycles. The zero-order valence-corrected chi connectivity index (χ0v) is 14.1. The van der Waals surface area contributed by atoms with Gasteiger partial charge in [0.15, 0.2) is 11.5 Å². The summed E-state index contributed by atoms with van der Waals surface area (Å²) in [5, 5.41) is 2.73. The van der Waals surface area contributed by atoms with Crippen molar-refractivity contribution in [1.29, 1.82) is 0 Å². The second kappa shape index (κ2) is 6.91. The first-order valence-electron chi connectivity index (χ1n) is 8.37. The van der Waals surface area contributed by atoms with Crippen molar-refractivity contribution in [2.24, 2.45) is 0 Å². The van der Waals surface area contributed by atoms with Crippen LogP contribution in [0.15, 0.2) is 42.7 Å². The number of urea groups is 1. The molecule has 0 spiro atoms. The number of aromatic nitrogens is 1. The van der Waals surface area contributed by atoms with Crippen LogP contribution in [-0.4, -0.2) is 54.7 Å². The van der Waals surface area contributed by atoms with Gasteiger partial charge >= 0.3 is 6.03 Å². The Bertz CT molecular complexity index is 827. The molecule has 2 aliphatic heterocycles.